The van der Waals surface area contributed by atoms with Crippen LogP contribution in [-0.2, 0) is 11.3 Å². The van der Waals surface area contributed by atoms with Gasteiger partial charge in [0.05, 0.1) is 18.8 Å². The molecule has 0 fully saturated rings. The summed E-state index contributed by atoms with van der Waals surface area (Å²) in [6.45, 7) is 4.89. The van der Waals surface area contributed by atoms with E-state index in [0.29, 0.717) is 31.1 Å². The molecule has 5 nitrogen and oxygen atoms in total. The van der Waals surface area contributed by atoms with E-state index in [-0.39, 0.29) is 11.7 Å². The Bertz CT molecular complexity index is 670. The molecule has 2 rings (SSSR count). The van der Waals surface area contributed by atoms with Gasteiger partial charge in [0.15, 0.2) is 11.5 Å². The molecule has 0 saturated carbocycles. The predicted octanol–water partition coefficient (Wildman–Crippen LogP) is 3.58. The van der Waals surface area contributed by atoms with Crippen molar-refractivity contribution in [2.24, 2.45) is 0 Å². The summed E-state index contributed by atoms with van der Waals surface area (Å²) < 4.78 is 10.4. The zero-order valence-electron chi connectivity index (χ0n) is 13.3. The average molecular weight is 315 g/mol. The number of benzene rings is 2. The van der Waals surface area contributed by atoms with Gasteiger partial charge in [-0.15, -0.1) is 0 Å². The minimum Gasteiger partial charge on any atom is -0.504 e. The van der Waals surface area contributed by atoms with Gasteiger partial charge >= 0.3 is 5.97 Å². The normalized spacial score (nSPS) is 10.2. The van der Waals surface area contributed by atoms with Crippen LogP contribution in [0, 0.1) is 0 Å². The lowest BCUT2D eigenvalue weighted by atomic mass is 10.1. The number of rotatable bonds is 7. The molecule has 0 aliphatic heterocycles. The van der Waals surface area contributed by atoms with Crippen LogP contribution >= 0.6 is 0 Å². The summed E-state index contributed by atoms with van der Waals surface area (Å²) in [4.78, 5) is 11.7. The lowest BCUT2D eigenvalue weighted by Gasteiger charge is -2.12. The number of carbonyl (C=O) groups is 1. The largest absolute Gasteiger partial charge is 0.504 e. The first-order valence-corrected chi connectivity index (χ1v) is 7.60. The van der Waals surface area contributed by atoms with Crippen molar-refractivity contribution in [3.05, 3.63) is 53.6 Å². The van der Waals surface area contributed by atoms with Gasteiger partial charge in [-0.2, -0.15) is 0 Å². The fourth-order valence-corrected chi connectivity index (χ4v) is 2.15. The molecule has 0 radical (unpaired) electrons. The predicted molar refractivity (Wildman–Crippen MR) is 89.0 cm³/mol. The van der Waals surface area contributed by atoms with E-state index in [1.807, 2.05) is 25.1 Å². The number of carbonyl (C=O) groups excluding carboxylic acids is 1. The van der Waals surface area contributed by atoms with E-state index in [2.05, 4.69) is 5.32 Å². The second kappa shape index (κ2) is 8.08. The second-order valence-electron chi connectivity index (χ2n) is 4.85. The molecular weight excluding hydrogens is 294 g/mol. The van der Waals surface area contributed by atoms with Gasteiger partial charge in [-0.25, -0.2) is 4.79 Å². The molecule has 2 aromatic carbocycles. The Morgan fingerprint density at radius 2 is 1.91 bits per heavy atom. The zero-order chi connectivity index (χ0) is 16.7. The molecule has 0 aliphatic rings. The number of anilines is 1. The van der Waals surface area contributed by atoms with E-state index in [0.717, 1.165) is 11.3 Å². The molecule has 0 amide bonds. The van der Waals surface area contributed by atoms with Gasteiger partial charge in [0.25, 0.3) is 0 Å². The fraction of sp³-hybridized carbons (Fsp3) is 0.278. The van der Waals surface area contributed by atoms with E-state index < -0.39 is 0 Å². The van der Waals surface area contributed by atoms with Crippen molar-refractivity contribution in [2.75, 3.05) is 18.5 Å². The second-order valence-corrected chi connectivity index (χ2v) is 4.85. The van der Waals surface area contributed by atoms with E-state index in [1.54, 1.807) is 31.2 Å². The maximum atomic E-state index is 11.7. The number of phenols is 1. The van der Waals surface area contributed by atoms with E-state index in [1.165, 1.54) is 0 Å². The van der Waals surface area contributed by atoms with Crippen molar-refractivity contribution in [3.63, 3.8) is 0 Å². The van der Waals surface area contributed by atoms with Crippen molar-refractivity contribution >= 4 is 11.7 Å². The summed E-state index contributed by atoms with van der Waals surface area (Å²) in [6.07, 6.45) is 0. The third-order valence-corrected chi connectivity index (χ3v) is 3.24. The molecule has 0 heterocycles. The molecule has 0 aliphatic carbocycles. The summed E-state index contributed by atoms with van der Waals surface area (Å²) in [5.41, 5.74) is 1.98. The fourth-order valence-electron chi connectivity index (χ4n) is 2.15. The summed E-state index contributed by atoms with van der Waals surface area (Å²) >= 11 is 0. The highest BCUT2D eigenvalue weighted by Crippen LogP contribution is 2.30. The molecule has 0 spiro atoms. The Morgan fingerprint density at radius 1 is 1.13 bits per heavy atom. The third kappa shape index (κ3) is 4.39. The number of nitrogens with one attached hydrogen (secondary N) is 1. The summed E-state index contributed by atoms with van der Waals surface area (Å²) in [7, 11) is 0. The van der Waals surface area contributed by atoms with Gasteiger partial charge in [0.1, 0.15) is 0 Å². The SMILES string of the molecule is CCOC(=O)c1cccc(NCc2cccc(OCC)c2O)c1. The van der Waals surface area contributed by atoms with Crippen molar-refractivity contribution in [1.82, 2.24) is 0 Å². The van der Waals surface area contributed by atoms with E-state index in [9.17, 15) is 9.90 Å². The van der Waals surface area contributed by atoms with Gasteiger partial charge < -0.3 is 19.9 Å². The summed E-state index contributed by atoms with van der Waals surface area (Å²) in [5, 5.41) is 13.4. The molecule has 0 unspecified atom stereocenters. The van der Waals surface area contributed by atoms with E-state index in [4.69, 9.17) is 9.47 Å². The van der Waals surface area contributed by atoms with Crippen LogP contribution in [0.4, 0.5) is 5.69 Å². The highest BCUT2D eigenvalue weighted by molar-refractivity contribution is 5.90. The molecule has 0 saturated heterocycles. The van der Waals surface area contributed by atoms with Crippen LogP contribution in [-0.4, -0.2) is 24.3 Å². The zero-order valence-corrected chi connectivity index (χ0v) is 13.3. The molecule has 2 N–H and O–H groups in total. The lowest BCUT2D eigenvalue weighted by molar-refractivity contribution is 0.0526. The number of hydrogen-bond acceptors (Lipinski definition) is 5. The van der Waals surface area contributed by atoms with Gasteiger partial charge in [-0.1, -0.05) is 18.2 Å². The quantitative estimate of drug-likeness (QED) is 0.764. The van der Waals surface area contributed by atoms with Gasteiger partial charge in [0.2, 0.25) is 0 Å². The Kier molecular flexibility index (Phi) is 5.86. The first kappa shape index (κ1) is 16.7. The van der Waals surface area contributed by atoms with Crippen LogP contribution in [0.2, 0.25) is 0 Å². The third-order valence-electron chi connectivity index (χ3n) is 3.24. The van der Waals surface area contributed by atoms with E-state index >= 15 is 0 Å². The first-order valence-electron chi connectivity index (χ1n) is 7.60. The topological polar surface area (TPSA) is 67.8 Å². The number of phenolic OH excluding ortho intramolecular Hbond substituents is 1. The van der Waals surface area contributed by atoms with Gasteiger partial charge in [-0.3, -0.25) is 0 Å². The minimum atomic E-state index is -0.350. The average Bonchev–Trinajstić information content (AvgIpc) is 2.56. The van der Waals surface area contributed by atoms with Crippen molar-refractivity contribution in [1.29, 1.82) is 0 Å². The monoisotopic (exact) mass is 315 g/mol. The van der Waals surface area contributed by atoms with Gasteiger partial charge in [-0.05, 0) is 38.1 Å². The van der Waals surface area contributed by atoms with Crippen molar-refractivity contribution in [2.45, 2.75) is 20.4 Å². The van der Waals surface area contributed by atoms with Crippen LogP contribution < -0.4 is 10.1 Å². The Balaban J connectivity index is 2.08. The van der Waals surface area contributed by atoms with Crippen LogP contribution in [0.1, 0.15) is 29.8 Å². The number of hydrogen-bond donors (Lipinski definition) is 2. The maximum Gasteiger partial charge on any atom is 0.338 e. The van der Waals surface area contributed by atoms with Crippen LogP contribution in [0.25, 0.3) is 0 Å². The molecule has 0 bridgehead atoms. The Morgan fingerprint density at radius 3 is 2.65 bits per heavy atom. The molecule has 0 aromatic heterocycles. The Hall–Kier alpha value is -2.69. The number of aromatic hydroxyl groups is 1. The number of para-hydroxylation sites is 1. The Labute approximate surface area is 135 Å². The summed E-state index contributed by atoms with van der Waals surface area (Å²) in [6, 6.07) is 12.4. The van der Waals surface area contributed by atoms with Gasteiger partial charge in [0, 0.05) is 17.8 Å². The molecule has 5 heteroatoms. The maximum absolute atomic E-state index is 11.7. The number of esters is 1. The smallest absolute Gasteiger partial charge is 0.338 e. The lowest BCUT2D eigenvalue weighted by Crippen LogP contribution is -2.06. The van der Waals surface area contributed by atoms with Crippen LogP contribution in [0.15, 0.2) is 42.5 Å². The number of ether oxygens (including phenoxy) is 2. The molecule has 122 valence electrons. The molecule has 2 aromatic rings. The first-order chi connectivity index (χ1) is 11.2. The molecular formula is C18H21NO4. The minimum absolute atomic E-state index is 0.128. The molecule has 0 atom stereocenters. The summed E-state index contributed by atoms with van der Waals surface area (Å²) in [5.74, 6) is 0.243. The van der Waals surface area contributed by atoms with Crippen LogP contribution in [0.3, 0.4) is 0 Å². The molecule has 23 heavy (non-hydrogen) atoms. The van der Waals surface area contributed by atoms with Crippen molar-refractivity contribution in [3.8, 4) is 11.5 Å². The van der Waals surface area contributed by atoms with Crippen LogP contribution in [0.5, 0.6) is 11.5 Å². The standard InChI is InChI=1S/C18H21NO4/c1-3-22-16-10-6-8-14(17(16)20)12-19-15-9-5-7-13(11-15)18(21)23-4-2/h5-11,19-20H,3-4,12H2,1-2H3. The highest BCUT2D eigenvalue weighted by Gasteiger charge is 2.09. The van der Waals surface area contributed by atoms with Crippen molar-refractivity contribution < 1.29 is 19.4 Å². The highest BCUT2D eigenvalue weighted by atomic mass is 16.5.